The number of unbranched alkanes of at least 4 members (excludes halogenated alkanes) is 16. The predicted molar refractivity (Wildman–Crippen MR) is 252 cm³/mol. The molecule has 0 fully saturated rings. The van der Waals surface area contributed by atoms with Gasteiger partial charge >= 0.3 is 11.9 Å². The zero-order valence-corrected chi connectivity index (χ0v) is 40.6. The van der Waals surface area contributed by atoms with Crippen molar-refractivity contribution >= 4 is 24.7 Å². The summed E-state index contributed by atoms with van der Waals surface area (Å²) >= 11 is 0. The van der Waals surface area contributed by atoms with Crippen LogP contribution in [0.25, 0.3) is 0 Å². The number of hydrogen-bond acceptors (Lipinski definition) is 9. The maximum absolute atomic E-state index is 12.4. The van der Waals surface area contributed by atoms with E-state index in [0.717, 1.165) is 115 Å². The largest absolute Gasteiger partial charge is 0.483 e. The van der Waals surface area contributed by atoms with Crippen molar-refractivity contribution in [3.05, 3.63) is 0 Å². The number of rotatable bonds is 43. The Hall–Kier alpha value is -2.04. The molecule has 0 aliphatic heterocycles. The van der Waals surface area contributed by atoms with Gasteiger partial charge in [-0.1, -0.05) is 143 Å². The first-order valence-electron chi connectivity index (χ1n) is 24.9. The van der Waals surface area contributed by atoms with E-state index in [2.05, 4.69) is 52.0 Å². The molecular formula is C50H100N2O8. The summed E-state index contributed by atoms with van der Waals surface area (Å²) in [6.07, 6.45) is 34.5. The molecular weight excluding hydrogens is 757 g/mol. The van der Waals surface area contributed by atoms with Gasteiger partial charge in [0.1, 0.15) is 6.29 Å². The van der Waals surface area contributed by atoms with Crippen molar-refractivity contribution in [3.63, 3.8) is 0 Å². The SMILES string of the molecule is CCCCCCC(CCCC)COC.CCCCCCC(CCCC)COC(=O)CCCCCCC(=O)OCC(CCCCCCCC=O)CNCCCN(C)C.O=CO. The van der Waals surface area contributed by atoms with E-state index >= 15 is 0 Å². The van der Waals surface area contributed by atoms with E-state index in [1.807, 2.05) is 7.11 Å². The maximum atomic E-state index is 12.4. The Bertz CT molecular complexity index is 890. The molecule has 0 aromatic carbocycles. The molecule has 10 nitrogen and oxygen atoms in total. The van der Waals surface area contributed by atoms with Crippen molar-refractivity contribution < 1.29 is 38.5 Å². The van der Waals surface area contributed by atoms with E-state index in [9.17, 15) is 14.4 Å². The summed E-state index contributed by atoms with van der Waals surface area (Å²) in [5.41, 5.74) is 0. The molecule has 0 aliphatic carbocycles. The number of ether oxygens (including phenoxy) is 3. The van der Waals surface area contributed by atoms with E-state index in [4.69, 9.17) is 24.1 Å². The minimum absolute atomic E-state index is 0.0724. The summed E-state index contributed by atoms with van der Waals surface area (Å²) in [7, 11) is 6.00. The topological polar surface area (TPSA) is 131 Å². The van der Waals surface area contributed by atoms with E-state index < -0.39 is 0 Å². The van der Waals surface area contributed by atoms with Gasteiger partial charge in [-0.25, -0.2) is 0 Å². The lowest BCUT2D eigenvalue weighted by molar-refractivity contribution is -0.146. The standard InChI is InChI=1S/C36H70N2O5.C13H28O.CH2O2/c1-5-7-9-16-23-33(22-8-6-2)31-42-35(40)25-18-13-14-19-26-36(41)43-32-34(30-37-27-21-28-38(3)4)24-17-12-10-11-15-20-29-39;1-4-6-8-9-11-13(12-14-3)10-7-5-2;2-1-3/h29,33-34,37H,5-28,30-32H2,1-4H3;13H,4-12H2,1-3H3;1H,(H,2,3). The summed E-state index contributed by atoms with van der Waals surface area (Å²) in [5.74, 6) is 1.48. The quantitative estimate of drug-likeness (QED) is 0.0347. The van der Waals surface area contributed by atoms with E-state index in [1.165, 1.54) is 96.3 Å². The number of nitrogens with zero attached hydrogens (tertiary/aromatic N) is 1. The van der Waals surface area contributed by atoms with Gasteiger partial charge in [0.2, 0.25) is 0 Å². The molecule has 0 bridgehead atoms. The fourth-order valence-electron chi connectivity index (χ4n) is 7.28. The minimum Gasteiger partial charge on any atom is -0.483 e. The number of nitrogens with one attached hydrogen (secondary N) is 1. The summed E-state index contributed by atoms with van der Waals surface area (Å²) in [6, 6.07) is 0. The Morgan fingerprint density at radius 1 is 0.550 bits per heavy atom. The highest BCUT2D eigenvalue weighted by Crippen LogP contribution is 2.20. The number of carboxylic acid groups (broad SMARTS) is 1. The number of hydrogen-bond donors (Lipinski definition) is 2. The molecule has 0 heterocycles. The molecule has 10 heteroatoms. The summed E-state index contributed by atoms with van der Waals surface area (Å²) in [5, 5.41) is 10.4. The molecule has 358 valence electrons. The van der Waals surface area contributed by atoms with E-state index in [-0.39, 0.29) is 18.4 Å². The Kier molecular flexibility index (Phi) is 55.1. The minimum atomic E-state index is -0.250. The Labute approximate surface area is 371 Å². The average Bonchev–Trinajstić information content (AvgIpc) is 3.23. The van der Waals surface area contributed by atoms with Crippen molar-refractivity contribution in [2.24, 2.45) is 17.8 Å². The lowest BCUT2D eigenvalue weighted by Gasteiger charge is -2.18. The predicted octanol–water partition coefficient (Wildman–Crippen LogP) is 12.4. The number of esters is 2. The lowest BCUT2D eigenvalue weighted by Crippen LogP contribution is -2.29. The van der Waals surface area contributed by atoms with Crippen LogP contribution in [0.5, 0.6) is 0 Å². The molecule has 3 atom stereocenters. The van der Waals surface area contributed by atoms with Gasteiger partial charge in [-0.2, -0.15) is 0 Å². The third-order valence-corrected chi connectivity index (χ3v) is 11.1. The first kappa shape index (κ1) is 62.3. The fraction of sp³-hybridized carbons (Fsp3) is 0.920. The van der Waals surface area contributed by atoms with Crippen molar-refractivity contribution in [1.29, 1.82) is 0 Å². The maximum Gasteiger partial charge on any atom is 0.305 e. The smallest absolute Gasteiger partial charge is 0.305 e. The molecule has 0 rings (SSSR count). The zero-order chi connectivity index (χ0) is 45.2. The summed E-state index contributed by atoms with van der Waals surface area (Å²) < 4.78 is 16.6. The average molecular weight is 857 g/mol. The van der Waals surface area contributed by atoms with Crippen LogP contribution in [0.1, 0.15) is 220 Å². The number of carbonyl (C=O) groups is 4. The van der Waals surface area contributed by atoms with Crippen LogP contribution >= 0.6 is 0 Å². The van der Waals surface area contributed by atoms with Gasteiger partial charge < -0.3 is 34.3 Å². The second-order valence-corrected chi connectivity index (χ2v) is 17.3. The van der Waals surface area contributed by atoms with Crippen molar-refractivity contribution in [2.45, 2.75) is 220 Å². The van der Waals surface area contributed by atoms with Crippen LogP contribution < -0.4 is 5.32 Å². The van der Waals surface area contributed by atoms with Gasteiger partial charge in [0.05, 0.1) is 13.2 Å². The molecule has 0 aliphatic rings. The molecule has 0 saturated heterocycles. The zero-order valence-electron chi connectivity index (χ0n) is 40.6. The van der Waals surface area contributed by atoms with Crippen LogP contribution in [-0.2, 0) is 33.4 Å². The number of methoxy groups -OCH3 is 1. The van der Waals surface area contributed by atoms with Crippen LogP contribution in [0.4, 0.5) is 0 Å². The Morgan fingerprint density at radius 3 is 1.42 bits per heavy atom. The lowest BCUT2D eigenvalue weighted by atomic mass is 9.96. The normalized spacial score (nSPS) is 12.4. The third-order valence-electron chi connectivity index (χ3n) is 11.1. The second kappa shape index (κ2) is 53.1. The van der Waals surface area contributed by atoms with Crippen LogP contribution in [0.15, 0.2) is 0 Å². The highest BCUT2D eigenvalue weighted by molar-refractivity contribution is 5.69. The van der Waals surface area contributed by atoms with Gasteiger partial charge in [-0.05, 0) is 96.8 Å². The molecule has 0 amide bonds. The fourth-order valence-corrected chi connectivity index (χ4v) is 7.28. The van der Waals surface area contributed by atoms with Crippen LogP contribution in [0.2, 0.25) is 0 Å². The first-order valence-corrected chi connectivity index (χ1v) is 24.9. The molecule has 2 N–H and O–H groups in total. The molecule has 0 aromatic rings. The van der Waals surface area contributed by atoms with Gasteiger partial charge in [-0.3, -0.25) is 14.4 Å². The molecule has 60 heavy (non-hydrogen) atoms. The van der Waals surface area contributed by atoms with Gasteiger partial charge in [-0.15, -0.1) is 0 Å². The highest BCUT2D eigenvalue weighted by Gasteiger charge is 2.14. The monoisotopic (exact) mass is 857 g/mol. The van der Waals surface area contributed by atoms with E-state index in [1.54, 1.807) is 0 Å². The van der Waals surface area contributed by atoms with Crippen LogP contribution in [-0.4, -0.2) is 95.4 Å². The van der Waals surface area contributed by atoms with Crippen LogP contribution in [0.3, 0.4) is 0 Å². The molecule has 0 saturated carbocycles. The van der Waals surface area contributed by atoms with Crippen molar-refractivity contribution in [2.75, 3.05) is 60.7 Å². The molecule has 3 unspecified atom stereocenters. The Balaban J connectivity index is -0.00000159. The first-order chi connectivity index (χ1) is 29.2. The molecule has 0 radical (unpaired) electrons. The highest BCUT2D eigenvalue weighted by atomic mass is 16.5. The van der Waals surface area contributed by atoms with Gasteiger partial charge in [0.15, 0.2) is 0 Å². The van der Waals surface area contributed by atoms with Crippen LogP contribution in [0, 0.1) is 17.8 Å². The Morgan fingerprint density at radius 2 is 0.950 bits per heavy atom. The number of carbonyl (C=O) groups excluding carboxylic acids is 3. The molecule has 0 spiro atoms. The summed E-state index contributed by atoms with van der Waals surface area (Å²) in [6.45, 7) is 13.7. The van der Waals surface area contributed by atoms with Gasteiger partial charge in [0, 0.05) is 45.4 Å². The molecule has 0 aromatic heterocycles. The van der Waals surface area contributed by atoms with Crippen molar-refractivity contribution in [3.8, 4) is 0 Å². The van der Waals surface area contributed by atoms with E-state index in [0.29, 0.717) is 44.3 Å². The van der Waals surface area contributed by atoms with Crippen molar-refractivity contribution in [1.82, 2.24) is 10.2 Å². The second-order valence-electron chi connectivity index (χ2n) is 17.3. The van der Waals surface area contributed by atoms with Gasteiger partial charge in [0.25, 0.3) is 6.47 Å². The summed E-state index contributed by atoms with van der Waals surface area (Å²) in [4.78, 5) is 45.7. The third kappa shape index (κ3) is 52.1. The number of aldehydes is 1.